The lowest BCUT2D eigenvalue weighted by molar-refractivity contribution is -0.128. The van der Waals surface area contributed by atoms with Gasteiger partial charge in [-0.3, -0.25) is 4.79 Å². The van der Waals surface area contributed by atoms with Crippen LogP contribution in [-0.4, -0.2) is 28.6 Å². The quantitative estimate of drug-likeness (QED) is 0.613. The van der Waals surface area contributed by atoms with Gasteiger partial charge in [0, 0.05) is 18.1 Å². The molecule has 1 amide bonds. The van der Waals surface area contributed by atoms with Gasteiger partial charge in [-0.2, -0.15) is 0 Å². The minimum absolute atomic E-state index is 0.0155. The van der Waals surface area contributed by atoms with Crippen LogP contribution in [0.15, 0.2) is 58.2 Å². The molecule has 1 heterocycles. The van der Waals surface area contributed by atoms with Crippen molar-refractivity contribution >= 4 is 40.4 Å². The lowest BCUT2D eigenvalue weighted by atomic mass is 10.1. The molecule has 2 aromatic carbocycles. The highest BCUT2D eigenvalue weighted by Gasteiger charge is 2.18. The summed E-state index contributed by atoms with van der Waals surface area (Å²) in [5, 5.41) is 1.07. The fraction of sp³-hybridized carbons (Fsp3) is 0.222. The summed E-state index contributed by atoms with van der Waals surface area (Å²) in [4.78, 5) is 18.5. The topological polar surface area (TPSA) is 46.3 Å². The van der Waals surface area contributed by atoms with Crippen LogP contribution in [0.5, 0.6) is 0 Å². The molecule has 0 radical (unpaired) electrons. The standard InChI is InChI=1S/C18H17ClN2O2S/c1-12(13-6-4-3-5-7-13)21(2)17(22)11-24-18-20-15-9-8-14(19)10-16(15)23-18/h3-10,12H,11H2,1-2H3. The number of rotatable bonds is 5. The number of thioether (sulfide) groups is 1. The van der Waals surface area contributed by atoms with E-state index in [9.17, 15) is 4.79 Å². The number of benzene rings is 2. The Morgan fingerprint density at radius 1 is 1.29 bits per heavy atom. The number of carbonyl (C=O) groups excluding carboxylic acids is 1. The normalized spacial score (nSPS) is 12.3. The van der Waals surface area contributed by atoms with Crippen molar-refractivity contribution in [2.24, 2.45) is 0 Å². The van der Waals surface area contributed by atoms with Gasteiger partial charge in [-0.1, -0.05) is 53.7 Å². The fourth-order valence-corrected chi connectivity index (χ4v) is 3.26. The molecule has 0 aliphatic rings. The minimum atomic E-state index is 0.0155. The van der Waals surface area contributed by atoms with Gasteiger partial charge in [-0.15, -0.1) is 0 Å². The van der Waals surface area contributed by atoms with E-state index < -0.39 is 0 Å². The highest BCUT2D eigenvalue weighted by atomic mass is 35.5. The van der Waals surface area contributed by atoms with Crippen molar-refractivity contribution in [1.29, 1.82) is 0 Å². The molecule has 24 heavy (non-hydrogen) atoms. The fourth-order valence-electron chi connectivity index (χ4n) is 2.34. The largest absolute Gasteiger partial charge is 0.431 e. The molecule has 0 fully saturated rings. The number of fused-ring (bicyclic) bond motifs is 1. The smallest absolute Gasteiger partial charge is 0.257 e. The van der Waals surface area contributed by atoms with Crippen molar-refractivity contribution < 1.29 is 9.21 Å². The molecule has 0 aliphatic heterocycles. The number of hydrogen-bond acceptors (Lipinski definition) is 4. The molecule has 1 atom stereocenters. The second-order valence-electron chi connectivity index (χ2n) is 5.47. The van der Waals surface area contributed by atoms with Crippen molar-refractivity contribution in [3.8, 4) is 0 Å². The van der Waals surface area contributed by atoms with Crippen molar-refractivity contribution in [2.75, 3.05) is 12.8 Å². The van der Waals surface area contributed by atoms with Crippen LogP contribution in [0.2, 0.25) is 5.02 Å². The maximum absolute atomic E-state index is 12.4. The van der Waals surface area contributed by atoms with Crippen molar-refractivity contribution in [3.05, 3.63) is 59.1 Å². The molecular weight excluding hydrogens is 344 g/mol. The molecule has 0 saturated heterocycles. The first-order chi connectivity index (χ1) is 11.5. The number of aromatic nitrogens is 1. The molecule has 0 saturated carbocycles. The van der Waals surface area contributed by atoms with E-state index in [1.54, 1.807) is 23.1 Å². The Bertz CT molecular complexity index is 851. The third kappa shape index (κ3) is 3.74. The highest BCUT2D eigenvalue weighted by Crippen LogP contribution is 2.26. The van der Waals surface area contributed by atoms with Crippen LogP contribution in [0.3, 0.4) is 0 Å². The van der Waals surface area contributed by atoms with Crippen LogP contribution in [0.4, 0.5) is 0 Å². The Labute approximate surface area is 149 Å². The molecule has 3 aromatic rings. The van der Waals surface area contributed by atoms with E-state index in [0.717, 1.165) is 11.1 Å². The number of carbonyl (C=O) groups is 1. The second-order valence-corrected chi connectivity index (χ2v) is 6.83. The Hall–Kier alpha value is -1.98. The van der Waals surface area contributed by atoms with Crippen LogP contribution < -0.4 is 0 Å². The lowest BCUT2D eigenvalue weighted by Gasteiger charge is -2.25. The van der Waals surface area contributed by atoms with Gasteiger partial charge in [0.15, 0.2) is 5.58 Å². The SMILES string of the molecule is CC(c1ccccc1)N(C)C(=O)CSc1nc2ccc(Cl)cc2o1. The zero-order chi connectivity index (χ0) is 17.1. The average molecular weight is 361 g/mol. The maximum atomic E-state index is 12.4. The van der Waals surface area contributed by atoms with Crippen molar-refractivity contribution in [3.63, 3.8) is 0 Å². The van der Waals surface area contributed by atoms with Crippen molar-refractivity contribution in [1.82, 2.24) is 9.88 Å². The summed E-state index contributed by atoms with van der Waals surface area (Å²) >= 11 is 7.22. The Kier molecular flexibility index (Phi) is 5.11. The van der Waals surface area contributed by atoms with Crippen LogP contribution in [0.1, 0.15) is 18.5 Å². The maximum Gasteiger partial charge on any atom is 0.257 e. The molecule has 0 aliphatic carbocycles. The number of halogens is 1. The van der Waals surface area contributed by atoms with E-state index >= 15 is 0 Å². The number of oxazole rings is 1. The van der Waals surface area contributed by atoms with E-state index in [2.05, 4.69) is 4.98 Å². The van der Waals surface area contributed by atoms with Crippen LogP contribution >= 0.6 is 23.4 Å². The molecule has 0 N–H and O–H groups in total. The van der Waals surface area contributed by atoms with Gasteiger partial charge < -0.3 is 9.32 Å². The molecule has 1 unspecified atom stereocenters. The molecular formula is C18H17ClN2O2S. The van der Waals surface area contributed by atoms with Gasteiger partial charge in [-0.25, -0.2) is 4.98 Å². The molecule has 3 rings (SSSR count). The van der Waals surface area contributed by atoms with Gasteiger partial charge in [0.25, 0.3) is 5.22 Å². The van der Waals surface area contributed by atoms with Crippen molar-refractivity contribution in [2.45, 2.75) is 18.2 Å². The number of amides is 1. The van der Waals surface area contributed by atoms with Crippen LogP contribution in [-0.2, 0) is 4.79 Å². The van der Waals surface area contributed by atoms with E-state index in [4.69, 9.17) is 16.0 Å². The summed E-state index contributed by atoms with van der Waals surface area (Å²) < 4.78 is 5.62. The third-order valence-electron chi connectivity index (χ3n) is 3.91. The Morgan fingerprint density at radius 2 is 2.04 bits per heavy atom. The molecule has 0 spiro atoms. The number of nitrogens with zero attached hydrogens (tertiary/aromatic N) is 2. The molecule has 6 heteroatoms. The first-order valence-corrected chi connectivity index (χ1v) is 8.90. The van der Waals surface area contributed by atoms with E-state index in [1.165, 1.54) is 11.8 Å². The molecule has 1 aromatic heterocycles. The summed E-state index contributed by atoms with van der Waals surface area (Å²) in [5.41, 5.74) is 2.47. The lowest BCUT2D eigenvalue weighted by Crippen LogP contribution is -2.31. The van der Waals surface area contributed by atoms with E-state index in [0.29, 0.717) is 15.8 Å². The van der Waals surface area contributed by atoms with Gasteiger partial charge >= 0.3 is 0 Å². The van der Waals surface area contributed by atoms with E-state index in [-0.39, 0.29) is 17.7 Å². The van der Waals surface area contributed by atoms with Gasteiger partial charge in [0.2, 0.25) is 5.91 Å². The zero-order valence-electron chi connectivity index (χ0n) is 13.4. The summed E-state index contributed by atoms with van der Waals surface area (Å²) in [5.74, 6) is 0.297. The van der Waals surface area contributed by atoms with Crippen LogP contribution in [0, 0.1) is 0 Å². The Morgan fingerprint density at radius 3 is 2.79 bits per heavy atom. The molecule has 0 bridgehead atoms. The molecule has 4 nitrogen and oxygen atoms in total. The first kappa shape index (κ1) is 16.9. The van der Waals surface area contributed by atoms with Gasteiger partial charge in [0.05, 0.1) is 11.8 Å². The van der Waals surface area contributed by atoms with E-state index in [1.807, 2.05) is 44.3 Å². The molecule has 124 valence electrons. The summed E-state index contributed by atoms with van der Waals surface area (Å²) in [6, 6.07) is 15.3. The number of hydrogen-bond donors (Lipinski definition) is 0. The third-order valence-corrected chi connectivity index (χ3v) is 4.95. The predicted molar refractivity (Wildman–Crippen MR) is 97.4 cm³/mol. The monoisotopic (exact) mass is 360 g/mol. The van der Waals surface area contributed by atoms with Crippen LogP contribution in [0.25, 0.3) is 11.1 Å². The second kappa shape index (κ2) is 7.28. The first-order valence-electron chi connectivity index (χ1n) is 7.54. The predicted octanol–water partition coefficient (Wildman–Crippen LogP) is 4.79. The summed E-state index contributed by atoms with van der Waals surface area (Å²) in [6.07, 6.45) is 0. The highest BCUT2D eigenvalue weighted by molar-refractivity contribution is 7.99. The van der Waals surface area contributed by atoms with Gasteiger partial charge in [0.1, 0.15) is 5.52 Å². The average Bonchev–Trinajstić information content (AvgIpc) is 3.01. The summed E-state index contributed by atoms with van der Waals surface area (Å²) in [6.45, 7) is 2.01. The minimum Gasteiger partial charge on any atom is -0.431 e. The Balaban J connectivity index is 1.63. The summed E-state index contributed by atoms with van der Waals surface area (Å²) in [7, 11) is 1.81. The van der Waals surface area contributed by atoms with Gasteiger partial charge in [-0.05, 0) is 24.6 Å². The zero-order valence-corrected chi connectivity index (χ0v) is 15.0.